The summed E-state index contributed by atoms with van der Waals surface area (Å²) in [6.45, 7) is 3.27. The van der Waals surface area contributed by atoms with Crippen molar-refractivity contribution in [3.05, 3.63) is 37.1 Å². The first-order valence-electron chi connectivity index (χ1n) is 9.45. The fourth-order valence-electron chi connectivity index (χ4n) is 3.84. The third kappa shape index (κ3) is 2.77. The Morgan fingerprint density at radius 1 is 1.24 bits per heavy atom. The average molecular weight is 391 g/mol. The molecule has 1 N–H and O–H groups in total. The maximum absolute atomic E-state index is 12.6. The molecule has 0 aliphatic carbocycles. The van der Waals surface area contributed by atoms with Gasteiger partial charge in [-0.2, -0.15) is 10.2 Å². The van der Waals surface area contributed by atoms with Crippen molar-refractivity contribution in [1.29, 1.82) is 0 Å². The van der Waals surface area contributed by atoms with Crippen molar-refractivity contribution >= 4 is 22.8 Å². The van der Waals surface area contributed by atoms with E-state index in [1.807, 2.05) is 39.3 Å². The Labute approximate surface area is 166 Å². The summed E-state index contributed by atoms with van der Waals surface area (Å²) in [6.07, 6.45) is 7.00. The molecule has 1 aliphatic heterocycles. The Hall–Kier alpha value is -3.62. The molecule has 148 valence electrons. The van der Waals surface area contributed by atoms with Gasteiger partial charge in [0, 0.05) is 50.1 Å². The van der Waals surface area contributed by atoms with E-state index in [0.717, 1.165) is 39.2 Å². The van der Waals surface area contributed by atoms with Gasteiger partial charge < -0.3 is 14.2 Å². The Morgan fingerprint density at radius 3 is 2.83 bits per heavy atom. The molecular weight excluding hydrogens is 370 g/mol. The van der Waals surface area contributed by atoms with Crippen LogP contribution in [0.3, 0.4) is 0 Å². The van der Waals surface area contributed by atoms with Crippen LogP contribution in [0.1, 0.15) is 6.92 Å². The molecule has 4 aromatic rings. The number of nitrogens with zero attached hydrogens (tertiary/aromatic N) is 6. The first kappa shape index (κ1) is 17.5. The van der Waals surface area contributed by atoms with Crippen LogP contribution >= 0.6 is 0 Å². The molecule has 0 radical (unpaired) electrons. The van der Waals surface area contributed by atoms with Crippen LogP contribution in [0.15, 0.2) is 41.5 Å². The molecule has 9 nitrogen and oxygen atoms in total. The van der Waals surface area contributed by atoms with E-state index in [9.17, 15) is 4.79 Å². The number of hydrogen-bond donors (Lipinski definition) is 1. The van der Waals surface area contributed by atoms with Crippen molar-refractivity contribution in [2.45, 2.75) is 13.0 Å². The molecule has 1 atom stereocenters. The lowest BCUT2D eigenvalue weighted by molar-refractivity contribution is -0.132. The summed E-state index contributed by atoms with van der Waals surface area (Å²) in [5, 5.41) is 11.8. The number of likely N-dealkylation sites (N-methyl/N-ethyl adjacent to an activating group) is 1. The molecule has 0 aromatic carbocycles. The van der Waals surface area contributed by atoms with E-state index in [4.69, 9.17) is 9.40 Å². The highest BCUT2D eigenvalue weighted by atomic mass is 16.3. The number of nitrogens with one attached hydrogen (secondary N) is 1. The van der Waals surface area contributed by atoms with Gasteiger partial charge in [-0.3, -0.25) is 14.6 Å². The molecule has 29 heavy (non-hydrogen) atoms. The summed E-state index contributed by atoms with van der Waals surface area (Å²) in [4.78, 5) is 21.4. The molecule has 5 heterocycles. The van der Waals surface area contributed by atoms with E-state index in [1.165, 1.54) is 0 Å². The SMILES string of the molecule is CC1C(=O)N(C)CCN1c1nc2c(-c3cnn(C)c3)n[nH]c2cc1-c1ccoc1. The Bertz CT molecular complexity index is 1190. The van der Waals surface area contributed by atoms with E-state index in [0.29, 0.717) is 13.1 Å². The number of aromatic nitrogens is 5. The minimum atomic E-state index is -0.307. The van der Waals surface area contributed by atoms with Gasteiger partial charge in [-0.25, -0.2) is 4.98 Å². The molecule has 1 amide bonds. The highest BCUT2D eigenvalue weighted by molar-refractivity contribution is 5.96. The molecule has 1 saturated heterocycles. The minimum Gasteiger partial charge on any atom is -0.472 e. The van der Waals surface area contributed by atoms with Gasteiger partial charge in [0.2, 0.25) is 5.91 Å². The predicted octanol–water partition coefficient (Wildman–Crippen LogP) is 2.29. The summed E-state index contributed by atoms with van der Waals surface area (Å²) in [5.74, 6) is 0.829. The van der Waals surface area contributed by atoms with Crippen molar-refractivity contribution in [3.8, 4) is 22.4 Å². The summed E-state index contributed by atoms with van der Waals surface area (Å²) in [7, 11) is 3.70. The van der Waals surface area contributed by atoms with E-state index in [2.05, 4.69) is 20.2 Å². The zero-order chi connectivity index (χ0) is 20.1. The van der Waals surface area contributed by atoms with Crippen LogP contribution in [-0.2, 0) is 11.8 Å². The lowest BCUT2D eigenvalue weighted by Gasteiger charge is -2.38. The van der Waals surface area contributed by atoms with Crippen LogP contribution in [0.5, 0.6) is 0 Å². The summed E-state index contributed by atoms with van der Waals surface area (Å²) in [5.41, 5.74) is 5.00. The van der Waals surface area contributed by atoms with Gasteiger partial charge in [-0.15, -0.1) is 0 Å². The normalized spacial score (nSPS) is 17.5. The first-order chi connectivity index (χ1) is 14.0. The number of fused-ring (bicyclic) bond motifs is 1. The van der Waals surface area contributed by atoms with Crippen molar-refractivity contribution in [2.24, 2.45) is 7.05 Å². The monoisotopic (exact) mass is 391 g/mol. The van der Waals surface area contributed by atoms with Crippen molar-refractivity contribution in [2.75, 3.05) is 25.0 Å². The second kappa shape index (κ2) is 6.47. The van der Waals surface area contributed by atoms with Crippen LogP contribution in [0, 0.1) is 0 Å². The zero-order valence-corrected chi connectivity index (χ0v) is 16.5. The second-order valence-electron chi connectivity index (χ2n) is 7.37. The lowest BCUT2D eigenvalue weighted by atomic mass is 10.1. The molecule has 1 unspecified atom stereocenters. The van der Waals surface area contributed by atoms with E-state index in [-0.39, 0.29) is 11.9 Å². The highest BCUT2D eigenvalue weighted by Crippen LogP contribution is 2.36. The molecule has 1 aliphatic rings. The number of aryl methyl sites for hydroxylation is 1. The van der Waals surface area contributed by atoms with E-state index < -0.39 is 0 Å². The van der Waals surface area contributed by atoms with Crippen molar-refractivity contribution in [1.82, 2.24) is 29.9 Å². The molecule has 0 spiro atoms. The summed E-state index contributed by atoms with van der Waals surface area (Å²) in [6, 6.07) is 3.61. The average Bonchev–Trinajstić information content (AvgIpc) is 3.45. The fourth-order valence-corrected chi connectivity index (χ4v) is 3.84. The van der Waals surface area contributed by atoms with Crippen LogP contribution in [0.4, 0.5) is 5.82 Å². The maximum Gasteiger partial charge on any atom is 0.244 e. The number of pyridine rings is 1. The summed E-state index contributed by atoms with van der Waals surface area (Å²) < 4.78 is 7.04. The Morgan fingerprint density at radius 2 is 2.10 bits per heavy atom. The van der Waals surface area contributed by atoms with Gasteiger partial charge in [0.05, 0.1) is 24.2 Å². The van der Waals surface area contributed by atoms with Crippen molar-refractivity contribution in [3.63, 3.8) is 0 Å². The quantitative estimate of drug-likeness (QED) is 0.576. The number of piperazine rings is 1. The topological polar surface area (TPSA) is 96.1 Å². The Balaban J connectivity index is 1.71. The standard InChI is InChI=1S/C20H21N7O2/c1-12-20(28)25(2)5-6-27(12)19-15(13-4-7-29-11-13)8-16-18(22-19)17(24-23-16)14-9-21-26(3)10-14/h4,7-12H,5-6H2,1-3H3,(H,23,24). The van der Waals surface area contributed by atoms with E-state index in [1.54, 1.807) is 28.3 Å². The number of rotatable bonds is 3. The molecule has 0 bridgehead atoms. The summed E-state index contributed by atoms with van der Waals surface area (Å²) >= 11 is 0. The highest BCUT2D eigenvalue weighted by Gasteiger charge is 2.32. The van der Waals surface area contributed by atoms with Crippen molar-refractivity contribution < 1.29 is 9.21 Å². The number of aromatic amines is 1. The van der Waals surface area contributed by atoms with Gasteiger partial charge in [-0.05, 0) is 19.1 Å². The van der Waals surface area contributed by atoms with Gasteiger partial charge in [0.15, 0.2) is 0 Å². The van der Waals surface area contributed by atoms with Crippen LogP contribution in [0.25, 0.3) is 33.4 Å². The van der Waals surface area contributed by atoms with Crippen LogP contribution < -0.4 is 4.90 Å². The fraction of sp³-hybridized carbons (Fsp3) is 0.300. The van der Waals surface area contributed by atoms with Gasteiger partial charge in [0.25, 0.3) is 0 Å². The van der Waals surface area contributed by atoms with Gasteiger partial charge in [-0.1, -0.05) is 0 Å². The first-order valence-corrected chi connectivity index (χ1v) is 9.45. The number of anilines is 1. The number of carbonyl (C=O) groups excluding carboxylic acids is 1. The molecule has 9 heteroatoms. The smallest absolute Gasteiger partial charge is 0.244 e. The molecule has 1 fully saturated rings. The lowest BCUT2D eigenvalue weighted by Crippen LogP contribution is -2.55. The molecule has 0 saturated carbocycles. The van der Waals surface area contributed by atoms with Crippen LogP contribution in [-0.4, -0.2) is 61.9 Å². The maximum atomic E-state index is 12.6. The zero-order valence-electron chi connectivity index (χ0n) is 16.5. The molecular formula is C20H21N7O2. The number of furan rings is 1. The largest absolute Gasteiger partial charge is 0.472 e. The Kier molecular flexibility index (Phi) is 3.90. The molecule has 5 rings (SSSR count). The third-order valence-corrected chi connectivity index (χ3v) is 5.47. The minimum absolute atomic E-state index is 0.0796. The predicted molar refractivity (Wildman–Crippen MR) is 108 cm³/mol. The number of H-pyrrole nitrogens is 1. The third-order valence-electron chi connectivity index (χ3n) is 5.47. The van der Waals surface area contributed by atoms with Gasteiger partial charge >= 0.3 is 0 Å². The number of carbonyl (C=O) groups is 1. The second-order valence-corrected chi connectivity index (χ2v) is 7.37. The van der Waals surface area contributed by atoms with Gasteiger partial charge in [0.1, 0.15) is 23.1 Å². The molecule has 4 aromatic heterocycles. The number of hydrogen-bond acceptors (Lipinski definition) is 6. The van der Waals surface area contributed by atoms with Crippen LogP contribution in [0.2, 0.25) is 0 Å². The number of amides is 1. The van der Waals surface area contributed by atoms with E-state index >= 15 is 0 Å².